The first-order valence-electron chi connectivity index (χ1n) is 5.04. The van der Waals surface area contributed by atoms with Gasteiger partial charge in [0.2, 0.25) is 0 Å². The highest BCUT2D eigenvalue weighted by molar-refractivity contribution is 5.80. The van der Waals surface area contributed by atoms with Gasteiger partial charge in [0, 0.05) is 17.9 Å². The minimum atomic E-state index is -0.189. The molecule has 3 heteroatoms. The van der Waals surface area contributed by atoms with Crippen LogP contribution in [-0.2, 0) is 5.54 Å². The summed E-state index contributed by atoms with van der Waals surface area (Å²) in [6.45, 7) is 8.02. The Balaban J connectivity index is 2.85. The van der Waals surface area contributed by atoms with Gasteiger partial charge in [-0.1, -0.05) is 0 Å². The summed E-state index contributed by atoms with van der Waals surface area (Å²) in [5.74, 6) is -0.189. The Morgan fingerprint density at radius 1 is 1.33 bits per heavy atom. The van der Waals surface area contributed by atoms with Gasteiger partial charge in [-0.15, -0.1) is 0 Å². The molecule has 0 amide bonds. The summed E-state index contributed by atoms with van der Waals surface area (Å²) in [6, 6.07) is 1.83. The van der Waals surface area contributed by atoms with Gasteiger partial charge in [0.25, 0.3) is 0 Å². The molecule has 0 saturated carbocycles. The van der Waals surface area contributed by atoms with Gasteiger partial charge in [-0.3, -0.25) is 0 Å². The van der Waals surface area contributed by atoms with Crippen molar-refractivity contribution in [2.24, 2.45) is 0 Å². The third kappa shape index (κ3) is 1.52. The summed E-state index contributed by atoms with van der Waals surface area (Å²) in [4.78, 5) is 4.25. The Bertz CT molecular complexity index is 506. The highest BCUT2D eigenvalue weighted by Gasteiger charge is 2.19. The van der Waals surface area contributed by atoms with Crippen LogP contribution in [0.25, 0.3) is 11.0 Å². The van der Waals surface area contributed by atoms with Crippen molar-refractivity contribution < 1.29 is 4.39 Å². The molecule has 80 valence electrons. The Kier molecular flexibility index (Phi) is 2.07. The molecule has 0 atom stereocenters. The largest absolute Gasteiger partial charge is 0.324 e. The third-order valence-corrected chi connectivity index (χ3v) is 2.57. The van der Waals surface area contributed by atoms with Crippen LogP contribution in [0.5, 0.6) is 0 Å². The first kappa shape index (κ1) is 10.1. The normalized spacial score (nSPS) is 12.3. The molecule has 0 aliphatic heterocycles. The lowest BCUT2D eigenvalue weighted by Gasteiger charge is -2.21. The van der Waals surface area contributed by atoms with Crippen LogP contribution in [0.15, 0.2) is 18.5 Å². The summed E-state index contributed by atoms with van der Waals surface area (Å²) in [5.41, 5.74) is 1.50. The Labute approximate surface area is 88.7 Å². The minimum Gasteiger partial charge on any atom is -0.324 e. The zero-order chi connectivity index (χ0) is 11.2. The van der Waals surface area contributed by atoms with Crippen molar-refractivity contribution in [3.63, 3.8) is 0 Å². The third-order valence-electron chi connectivity index (χ3n) is 2.57. The fourth-order valence-corrected chi connectivity index (χ4v) is 1.77. The van der Waals surface area contributed by atoms with Crippen molar-refractivity contribution in [3.05, 3.63) is 29.8 Å². The monoisotopic (exact) mass is 206 g/mol. The van der Waals surface area contributed by atoms with Crippen LogP contribution in [0.1, 0.15) is 26.3 Å². The maximum atomic E-state index is 13.7. The number of fused-ring (bicyclic) bond motifs is 1. The molecular formula is C12H15FN2. The standard InChI is InChI=1S/C12H15FN2/c1-8-5-6-14-11-10(8)9(13)7-15(11)12(2,3)4/h5-7H,1-4H3. The molecule has 0 aliphatic rings. The van der Waals surface area contributed by atoms with Gasteiger partial charge in [0.1, 0.15) is 5.65 Å². The molecule has 0 fully saturated rings. The van der Waals surface area contributed by atoms with E-state index in [1.54, 1.807) is 6.20 Å². The number of pyridine rings is 1. The summed E-state index contributed by atoms with van der Waals surface area (Å²) >= 11 is 0. The number of hydrogen-bond acceptors (Lipinski definition) is 1. The van der Waals surface area contributed by atoms with Crippen molar-refractivity contribution in [3.8, 4) is 0 Å². The van der Waals surface area contributed by atoms with E-state index < -0.39 is 0 Å². The Morgan fingerprint density at radius 3 is 2.60 bits per heavy atom. The van der Waals surface area contributed by atoms with E-state index in [0.29, 0.717) is 5.39 Å². The minimum absolute atomic E-state index is 0.149. The second-order valence-electron chi connectivity index (χ2n) is 4.84. The number of aromatic nitrogens is 2. The van der Waals surface area contributed by atoms with E-state index >= 15 is 0 Å². The summed E-state index contributed by atoms with van der Waals surface area (Å²) in [5, 5.41) is 0.632. The second kappa shape index (κ2) is 3.05. The summed E-state index contributed by atoms with van der Waals surface area (Å²) in [6.07, 6.45) is 3.25. The van der Waals surface area contributed by atoms with Crippen molar-refractivity contribution in [2.45, 2.75) is 33.2 Å². The SMILES string of the molecule is Cc1ccnc2c1c(F)cn2C(C)(C)C. The molecule has 0 spiro atoms. The van der Waals surface area contributed by atoms with Crippen LogP contribution >= 0.6 is 0 Å². The van der Waals surface area contributed by atoms with Crippen LogP contribution in [0.2, 0.25) is 0 Å². The lowest BCUT2D eigenvalue weighted by Crippen LogP contribution is -2.20. The van der Waals surface area contributed by atoms with Crippen molar-refractivity contribution >= 4 is 11.0 Å². The Hall–Kier alpha value is -1.38. The van der Waals surface area contributed by atoms with Gasteiger partial charge in [-0.25, -0.2) is 9.37 Å². The van der Waals surface area contributed by atoms with Gasteiger partial charge in [-0.2, -0.15) is 0 Å². The molecule has 0 N–H and O–H groups in total. The molecule has 0 unspecified atom stereocenters. The smallest absolute Gasteiger partial charge is 0.150 e. The van der Waals surface area contributed by atoms with E-state index in [4.69, 9.17) is 0 Å². The number of halogens is 1. The molecule has 2 rings (SSSR count). The second-order valence-corrected chi connectivity index (χ2v) is 4.84. The lowest BCUT2D eigenvalue weighted by atomic mass is 10.1. The van der Waals surface area contributed by atoms with Crippen molar-refractivity contribution in [2.75, 3.05) is 0 Å². The molecule has 0 radical (unpaired) electrons. The van der Waals surface area contributed by atoms with Gasteiger partial charge in [0.15, 0.2) is 5.82 Å². The van der Waals surface area contributed by atoms with Crippen molar-refractivity contribution in [1.82, 2.24) is 9.55 Å². The molecule has 0 bridgehead atoms. The first-order valence-corrected chi connectivity index (χ1v) is 5.04. The zero-order valence-corrected chi connectivity index (χ0v) is 9.50. The molecule has 2 aromatic rings. The van der Waals surface area contributed by atoms with E-state index in [2.05, 4.69) is 4.98 Å². The van der Waals surface area contributed by atoms with Gasteiger partial charge >= 0.3 is 0 Å². The van der Waals surface area contributed by atoms with E-state index in [-0.39, 0.29) is 11.4 Å². The summed E-state index contributed by atoms with van der Waals surface area (Å²) < 4.78 is 15.6. The van der Waals surface area contributed by atoms with E-state index in [9.17, 15) is 4.39 Å². The molecule has 0 saturated heterocycles. The lowest BCUT2D eigenvalue weighted by molar-refractivity contribution is 0.404. The predicted molar refractivity (Wildman–Crippen MR) is 59.4 cm³/mol. The first-order chi connectivity index (χ1) is 6.91. The molecular weight excluding hydrogens is 191 g/mol. The van der Waals surface area contributed by atoms with Gasteiger partial charge in [-0.05, 0) is 39.3 Å². The number of hydrogen-bond donors (Lipinski definition) is 0. The predicted octanol–water partition coefficient (Wildman–Crippen LogP) is 3.24. The molecule has 0 aliphatic carbocycles. The number of aryl methyl sites for hydroxylation is 1. The van der Waals surface area contributed by atoms with Crippen LogP contribution in [-0.4, -0.2) is 9.55 Å². The highest BCUT2D eigenvalue weighted by atomic mass is 19.1. The fourth-order valence-electron chi connectivity index (χ4n) is 1.77. The van der Waals surface area contributed by atoms with Gasteiger partial charge < -0.3 is 4.57 Å². The maximum absolute atomic E-state index is 13.7. The van der Waals surface area contributed by atoms with Crippen LogP contribution in [0.3, 0.4) is 0 Å². The molecule has 2 heterocycles. The number of nitrogens with zero attached hydrogens (tertiary/aromatic N) is 2. The van der Waals surface area contributed by atoms with E-state index in [1.807, 2.05) is 38.3 Å². The van der Waals surface area contributed by atoms with Crippen molar-refractivity contribution in [1.29, 1.82) is 0 Å². The van der Waals surface area contributed by atoms with E-state index in [0.717, 1.165) is 11.2 Å². The molecule has 0 aromatic carbocycles. The van der Waals surface area contributed by atoms with Crippen LogP contribution < -0.4 is 0 Å². The topological polar surface area (TPSA) is 17.8 Å². The average molecular weight is 206 g/mol. The zero-order valence-electron chi connectivity index (χ0n) is 9.50. The van der Waals surface area contributed by atoms with Gasteiger partial charge in [0.05, 0.1) is 5.39 Å². The fraction of sp³-hybridized carbons (Fsp3) is 0.417. The quantitative estimate of drug-likeness (QED) is 0.647. The van der Waals surface area contributed by atoms with E-state index in [1.165, 1.54) is 6.20 Å². The number of rotatable bonds is 0. The summed E-state index contributed by atoms with van der Waals surface area (Å²) in [7, 11) is 0. The maximum Gasteiger partial charge on any atom is 0.150 e. The molecule has 2 nitrogen and oxygen atoms in total. The van der Waals surface area contributed by atoms with Crippen LogP contribution in [0.4, 0.5) is 4.39 Å². The molecule has 2 aromatic heterocycles. The Morgan fingerprint density at radius 2 is 2.00 bits per heavy atom. The highest BCUT2D eigenvalue weighted by Crippen LogP contribution is 2.26. The average Bonchev–Trinajstić information content (AvgIpc) is 2.44. The van der Waals surface area contributed by atoms with Crippen LogP contribution in [0, 0.1) is 12.7 Å². The molecule has 15 heavy (non-hydrogen) atoms.